The average molecular weight is 368 g/mol. The molecule has 8 nitrogen and oxygen atoms in total. The predicted molar refractivity (Wildman–Crippen MR) is 99.0 cm³/mol. The van der Waals surface area contributed by atoms with Gasteiger partial charge in [-0.3, -0.25) is 4.79 Å². The number of nitrogens with zero attached hydrogens (tertiary/aromatic N) is 4. The molecule has 2 N–H and O–H groups in total. The van der Waals surface area contributed by atoms with E-state index in [4.69, 9.17) is 4.52 Å². The molecule has 0 aliphatic heterocycles. The topological polar surface area (TPSA) is 110 Å². The van der Waals surface area contributed by atoms with E-state index < -0.39 is 0 Å². The summed E-state index contributed by atoms with van der Waals surface area (Å²) in [4.78, 5) is 20.2. The maximum absolute atomic E-state index is 12.5. The third-order valence-electron chi connectivity index (χ3n) is 3.89. The van der Waals surface area contributed by atoms with Crippen LogP contribution in [-0.2, 0) is 4.79 Å². The first-order valence-electron chi connectivity index (χ1n) is 8.16. The Morgan fingerprint density at radius 2 is 2.19 bits per heavy atom. The minimum absolute atomic E-state index is 0.175. The smallest absolute Gasteiger partial charge is 0.239 e. The second kappa shape index (κ2) is 6.75. The molecule has 1 aromatic carbocycles. The summed E-state index contributed by atoms with van der Waals surface area (Å²) in [5.74, 6) is 0.862. The molecule has 0 saturated heterocycles. The maximum Gasteiger partial charge on any atom is 0.239 e. The Morgan fingerprint density at radius 3 is 2.96 bits per heavy atom. The van der Waals surface area contributed by atoms with Crippen LogP contribution in [0.15, 0.2) is 40.0 Å². The first-order valence-corrected chi connectivity index (χ1v) is 9.04. The van der Waals surface area contributed by atoms with E-state index in [0.29, 0.717) is 28.8 Å². The van der Waals surface area contributed by atoms with Crippen LogP contribution in [0.2, 0.25) is 0 Å². The van der Waals surface area contributed by atoms with Gasteiger partial charge in [-0.1, -0.05) is 42.0 Å². The number of benzene rings is 1. The SMILES string of the molecule is CCC(Sc1nnc2c(n1)[nH]c1ccccc12)C(=O)Nc1cc(C)on1. The number of carbonyl (C=O) groups is 1. The van der Waals surface area contributed by atoms with Gasteiger partial charge in [0.05, 0.1) is 5.25 Å². The van der Waals surface area contributed by atoms with Crippen molar-refractivity contribution in [3.8, 4) is 0 Å². The Labute approximate surface area is 152 Å². The van der Waals surface area contributed by atoms with Gasteiger partial charge in [0.1, 0.15) is 11.3 Å². The zero-order valence-electron chi connectivity index (χ0n) is 14.2. The molecule has 0 fully saturated rings. The third kappa shape index (κ3) is 3.13. The average Bonchev–Trinajstić information content (AvgIpc) is 3.22. The summed E-state index contributed by atoms with van der Waals surface area (Å²) in [6.07, 6.45) is 0.613. The second-order valence-electron chi connectivity index (χ2n) is 5.79. The lowest BCUT2D eigenvalue weighted by Crippen LogP contribution is -2.25. The standard InChI is InChI=1S/C17H16N6O2S/c1-3-12(16(24)19-13-8-9(2)25-23-13)26-17-20-15-14(21-22-17)10-6-4-5-7-11(10)18-15/h4-8,12H,3H2,1-2H3,(H,18,20,22)(H,19,23,24). The molecule has 1 atom stereocenters. The molecule has 0 spiro atoms. The van der Waals surface area contributed by atoms with E-state index in [0.717, 1.165) is 16.4 Å². The van der Waals surface area contributed by atoms with Gasteiger partial charge in [0.2, 0.25) is 11.1 Å². The van der Waals surface area contributed by atoms with E-state index in [1.54, 1.807) is 13.0 Å². The summed E-state index contributed by atoms with van der Waals surface area (Å²) in [5, 5.41) is 16.0. The molecule has 26 heavy (non-hydrogen) atoms. The molecule has 9 heteroatoms. The van der Waals surface area contributed by atoms with E-state index >= 15 is 0 Å². The summed E-state index contributed by atoms with van der Waals surface area (Å²) in [5.41, 5.74) is 2.34. The zero-order chi connectivity index (χ0) is 18.1. The number of aromatic amines is 1. The Balaban J connectivity index is 1.56. The van der Waals surface area contributed by atoms with Crippen LogP contribution >= 0.6 is 11.8 Å². The number of fused-ring (bicyclic) bond motifs is 3. The largest absolute Gasteiger partial charge is 0.360 e. The van der Waals surface area contributed by atoms with Gasteiger partial charge in [-0.25, -0.2) is 4.98 Å². The molecule has 3 aromatic heterocycles. The molecule has 0 aliphatic carbocycles. The Hall–Kier alpha value is -2.94. The Morgan fingerprint density at radius 1 is 1.35 bits per heavy atom. The van der Waals surface area contributed by atoms with Crippen molar-refractivity contribution >= 4 is 45.6 Å². The van der Waals surface area contributed by atoms with Gasteiger partial charge in [0, 0.05) is 17.0 Å². The van der Waals surface area contributed by atoms with Gasteiger partial charge in [0.25, 0.3) is 0 Å². The monoisotopic (exact) mass is 368 g/mol. The number of carbonyl (C=O) groups excluding carboxylic acids is 1. The van der Waals surface area contributed by atoms with Gasteiger partial charge in [-0.05, 0) is 19.4 Å². The fourth-order valence-corrected chi connectivity index (χ4v) is 3.46. The lowest BCUT2D eigenvalue weighted by molar-refractivity contribution is -0.115. The number of nitrogens with one attached hydrogen (secondary N) is 2. The van der Waals surface area contributed by atoms with Gasteiger partial charge < -0.3 is 14.8 Å². The van der Waals surface area contributed by atoms with Crippen molar-refractivity contribution < 1.29 is 9.32 Å². The quantitative estimate of drug-likeness (QED) is 0.520. The van der Waals surface area contributed by atoms with Gasteiger partial charge in [-0.15, -0.1) is 10.2 Å². The van der Waals surface area contributed by atoms with Gasteiger partial charge in [0.15, 0.2) is 11.5 Å². The van der Waals surface area contributed by atoms with Gasteiger partial charge in [-0.2, -0.15) is 0 Å². The summed E-state index contributed by atoms with van der Waals surface area (Å²) in [6.45, 7) is 3.70. The highest BCUT2D eigenvalue weighted by atomic mass is 32.2. The normalized spacial score (nSPS) is 12.5. The lowest BCUT2D eigenvalue weighted by Gasteiger charge is -2.11. The number of hydrogen-bond donors (Lipinski definition) is 2. The summed E-state index contributed by atoms with van der Waals surface area (Å²) in [6, 6.07) is 9.50. The maximum atomic E-state index is 12.5. The number of anilines is 1. The van der Waals surface area contributed by atoms with Crippen molar-refractivity contribution in [3.05, 3.63) is 36.1 Å². The van der Waals surface area contributed by atoms with Crippen LogP contribution in [0.5, 0.6) is 0 Å². The van der Waals surface area contributed by atoms with Crippen molar-refractivity contribution in [3.63, 3.8) is 0 Å². The highest BCUT2D eigenvalue weighted by molar-refractivity contribution is 8.00. The number of para-hydroxylation sites is 1. The van der Waals surface area contributed by atoms with Crippen LogP contribution in [0.4, 0.5) is 5.82 Å². The molecule has 132 valence electrons. The van der Waals surface area contributed by atoms with Crippen LogP contribution < -0.4 is 5.32 Å². The fraction of sp³-hybridized carbons (Fsp3) is 0.235. The van der Waals surface area contributed by atoms with Crippen molar-refractivity contribution in [1.29, 1.82) is 0 Å². The Kier molecular flexibility index (Phi) is 4.29. The van der Waals surface area contributed by atoms with E-state index in [2.05, 4.69) is 30.6 Å². The number of aryl methyl sites for hydroxylation is 1. The zero-order valence-corrected chi connectivity index (χ0v) is 15.0. The minimum atomic E-state index is -0.365. The number of aromatic nitrogens is 5. The van der Waals surface area contributed by atoms with Crippen molar-refractivity contribution in [1.82, 2.24) is 25.3 Å². The molecular formula is C17H16N6O2S. The van der Waals surface area contributed by atoms with Crippen LogP contribution in [0.1, 0.15) is 19.1 Å². The number of rotatable bonds is 5. The summed E-state index contributed by atoms with van der Waals surface area (Å²) >= 11 is 1.27. The summed E-state index contributed by atoms with van der Waals surface area (Å²) in [7, 11) is 0. The minimum Gasteiger partial charge on any atom is -0.360 e. The highest BCUT2D eigenvalue weighted by Crippen LogP contribution is 2.26. The summed E-state index contributed by atoms with van der Waals surface area (Å²) < 4.78 is 4.96. The van der Waals surface area contributed by atoms with Crippen molar-refractivity contribution in [2.24, 2.45) is 0 Å². The van der Waals surface area contributed by atoms with Crippen LogP contribution in [0.25, 0.3) is 22.1 Å². The lowest BCUT2D eigenvalue weighted by atomic mass is 10.2. The highest BCUT2D eigenvalue weighted by Gasteiger charge is 2.21. The van der Waals surface area contributed by atoms with Crippen molar-refractivity contribution in [2.45, 2.75) is 30.7 Å². The number of amides is 1. The molecular weight excluding hydrogens is 352 g/mol. The number of H-pyrrole nitrogens is 1. The molecule has 0 saturated carbocycles. The first kappa shape index (κ1) is 16.5. The molecule has 3 heterocycles. The molecule has 0 bridgehead atoms. The predicted octanol–water partition coefficient (Wildman–Crippen LogP) is 3.31. The number of thioether (sulfide) groups is 1. The Bertz CT molecular complexity index is 1090. The fourth-order valence-electron chi connectivity index (χ4n) is 2.64. The van der Waals surface area contributed by atoms with E-state index in [1.807, 2.05) is 31.2 Å². The van der Waals surface area contributed by atoms with E-state index in [9.17, 15) is 4.79 Å². The molecule has 4 rings (SSSR count). The molecule has 0 radical (unpaired) electrons. The second-order valence-corrected chi connectivity index (χ2v) is 6.96. The third-order valence-corrected chi connectivity index (χ3v) is 5.11. The molecule has 4 aromatic rings. The molecule has 1 unspecified atom stereocenters. The molecule has 1 amide bonds. The van der Waals surface area contributed by atoms with Crippen LogP contribution in [0.3, 0.4) is 0 Å². The van der Waals surface area contributed by atoms with Crippen LogP contribution in [0, 0.1) is 6.92 Å². The van der Waals surface area contributed by atoms with Gasteiger partial charge >= 0.3 is 0 Å². The number of hydrogen-bond acceptors (Lipinski definition) is 7. The molecule has 0 aliphatic rings. The first-order chi connectivity index (χ1) is 12.6. The van der Waals surface area contributed by atoms with E-state index in [1.165, 1.54) is 11.8 Å². The van der Waals surface area contributed by atoms with E-state index in [-0.39, 0.29) is 11.2 Å². The van der Waals surface area contributed by atoms with Crippen molar-refractivity contribution in [2.75, 3.05) is 5.32 Å². The van der Waals surface area contributed by atoms with Crippen LogP contribution in [-0.4, -0.2) is 36.5 Å².